The summed E-state index contributed by atoms with van der Waals surface area (Å²) in [6.45, 7) is 3.95. The monoisotopic (exact) mass is 422 g/mol. The summed E-state index contributed by atoms with van der Waals surface area (Å²) in [7, 11) is 0. The van der Waals surface area contributed by atoms with E-state index >= 15 is 4.39 Å². The van der Waals surface area contributed by atoms with Gasteiger partial charge in [-0.2, -0.15) is 0 Å². The van der Waals surface area contributed by atoms with Crippen molar-refractivity contribution in [2.75, 3.05) is 13.1 Å². The van der Waals surface area contributed by atoms with Crippen LogP contribution in [0.5, 0.6) is 0 Å². The van der Waals surface area contributed by atoms with Gasteiger partial charge in [-0.1, -0.05) is 18.2 Å². The van der Waals surface area contributed by atoms with E-state index in [1.54, 1.807) is 30.6 Å². The van der Waals surface area contributed by atoms with E-state index in [-0.39, 0.29) is 17.6 Å². The lowest BCUT2D eigenvalue weighted by Crippen LogP contribution is -2.30. The van der Waals surface area contributed by atoms with Gasteiger partial charge in [-0.05, 0) is 61.4 Å². The normalized spacial score (nSPS) is 18.5. The van der Waals surface area contributed by atoms with E-state index in [1.807, 2.05) is 16.4 Å². The number of likely N-dealkylation sites (tertiary alicyclic amines) is 1. The zero-order valence-electron chi connectivity index (χ0n) is 17.4. The average Bonchev–Trinajstić information content (AvgIpc) is 3.32. The Morgan fingerprint density at radius 1 is 1.06 bits per heavy atom. The van der Waals surface area contributed by atoms with E-state index in [1.165, 1.54) is 12.1 Å². The first-order valence-corrected chi connectivity index (χ1v) is 10.7. The van der Waals surface area contributed by atoms with Gasteiger partial charge >= 0.3 is 0 Å². The van der Waals surface area contributed by atoms with Crippen molar-refractivity contribution in [2.24, 2.45) is 11.8 Å². The lowest BCUT2D eigenvalue weighted by atomic mass is 10.0. The molecule has 0 bridgehead atoms. The minimum Gasteiger partial charge on any atom is -0.342 e. The fraction of sp³-hybridized carbons (Fsp3) is 0.375. The number of benzene rings is 2. The quantitative estimate of drug-likeness (QED) is 0.610. The van der Waals surface area contributed by atoms with E-state index in [4.69, 9.17) is 0 Å². The van der Waals surface area contributed by atoms with Gasteiger partial charge in [-0.15, -0.1) is 10.2 Å². The van der Waals surface area contributed by atoms with E-state index in [0.29, 0.717) is 35.0 Å². The number of aryl methyl sites for hydroxylation is 1. The Kier molecular flexibility index (Phi) is 5.04. The molecule has 160 valence electrons. The summed E-state index contributed by atoms with van der Waals surface area (Å²) in [6.07, 6.45) is 4.55. The van der Waals surface area contributed by atoms with Crippen molar-refractivity contribution in [3.8, 4) is 22.5 Å². The average molecular weight is 422 g/mol. The number of amides is 1. The lowest BCUT2D eigenvalue weighted by Gasteiger charge is -2.17. The molecule has 2 aliphatic rings. The first-order valence-electron chi connectivity index (χ1n) is 10.7. The molecule has 0 spiro atoms. The van der Waals surface area contributed by atoms with Gasteiger partial charge in [0.2, 0.25) is 5.91 Å². The summed E-state index contributed by atoms with van der Waals surface area (Å²) in [4.78, 5) is 14.3. The second kappa shape index (κ2) is 7.87. The number of hydrogen-bond donors (Lipinski definition) is 0. The van der Waals surface area contributed by atoms with Crippen molar-refractivity contribution in [3.05, 3.63) is 59.9 Å². The molecule has 7 heteroatoms. The molecule has 5 nitrogen and oxygen atoms in total. The number of halogens is 2. The Balaban J connectivity index is 1.35. The number of hydrogen-bond acceptors (Lipinski definition) is 3. The van der Waals surface area contributed by atoms with Gasteiger partial charge in [0, 0.05) is 31.1 Å². The van der Waals surface area contributed by atoms with Crippen LogP contribution in [0.25, 0.3) is 22.5 Å². The Morgan fingerprint density at radius 3 is 2.58 bits per heavy atom. The third-order valence-electron chi connectivity index (χ3n) is 6.24. The number of carbonyl (C=O) groups excluding carboxylic acids is 1. The Hall–Kier alpha value is -3.09. The fourth-order valence-corrected chi connectivity index (χ4v) is 4.36. The summed E-state index contributed by atoms with van der Waals surface area (Å²) < 4.78 is 31.2. The fourth-order valence-electron chi connectivity index (χ4n) is 4.36. The molecule has 5 rings (SSSR count). The molecule has 2 fully saturated rings. The van der Waals surface area contributed by atoms with Gasteiger partial charge < -0.3 is 9.47 Å². The number of aromatic nitrogens is 3. The topological polar surface area (TPSA) is 51.0 Å². The minimum atomic E-state index is -0.469. The van der Waals surface area contributed by atoms with Gasteiger partial charge in [-0.25, -0.2) is 8.78 Å². The highest BCUT2D eigenvalue weighted by Gasteiger charge is 2.36. The van der Waals surface area contributed by atoms with Gasteiger partial charge in [0.1, 0.15) is 18.0 Å². The minimum absolute atomic E-state index is 0.232. The SMILES string of the molecule is Cc1ccc(-c2ccc(-c3nncn3C[C@@H]3CCN(C(=O)C4CC4)C3)c(F)c2)c(F)c1. The van der Waals surface area contributed by atoms with E-state index < -0.39 is 5.82 Å². The van der Waals surface area contributed by atoms with Crippen LogP contribution in [0.4, 0.5) is 8.78 Å². The Bertz CT molecular complexity index is 1140. The lowest BCUT2D eigenvalue weighted by molar-refractivity contribution is -0.131. The van der Waals surface area contributed by atoms with Crippen molar-refractivity contribution in [1.82, 2.24) is 19.7 Å². The second-order valence-electron chi connectivity index (χ2n) is 8.70. The Morgan fingerprint density at radius 2 is 1.84 bits per heavy atom. The highest BCUT2D eigenvalue weighted by molar-refractivity contribution is 5.81. The van der Waals surface area contributed by atoms with Crippen LogP contribution in [-0.4, -0.2) is 38.7 Å². The van der Waals surface area contributed by atoms with Gasteiger partial charge in [0.15, 0.2) is 5.82 Å². The van der Waals surface area contributed by atoms with Crippen LogP contribution < -0.4 is 0 Å². The molecular weight excluding hydrogens is 398 g/mol. The molecule has 1 aliphatic carbocycles. The molecule has 2 aromatic carbocycles. The first-order chi connectivity index (χ1) is 15.0. The van der Waals surface area contributed by atoms with Crippen LogP contribution in [0.2, 0.25) is 0 Å². The smallest absolute Gasteiger partial charge is 0.225 e. The van der Waals surface area contributed by atoms with Crippen molar-refractivity contribution in [2.45, 2.75) is 32.7 Å². The van der Waals surface area contributed by atoms with Crippen LogP contribution in [0.1, 0.15) is 24.8 Å². The van der Waals surface area contributed by atoms with Gasteiger partial charge in [0.25, 0.3) is 0 Å². The molecule has 1 saturated heterocycles. The largest absolute Gasteiger partial charge is 0.342 e. The molecule has 0 unspecified atom stereocenters. The Labute approximate surface area is 179 Å². The molecule has 1 aromatic heterocycles. The summed E-state index contributed by atoms with van der Waals surface area (Å²) in [6, 6.07) is 9.58. The zero-order valence-corrected chi connectivity index (χ0v) is 17.4. The van der Waals surface area contributed by atoms with E-state index in [9.17, 15) is 9.18 Å². The van der Waals surface area contributed by atoms with Crippen LogP contribution in [0.3, 0.4) is 0 Å². The predicted molar refractivity (Wildman–Crippen MR) is 113 cm³/mol. The van der Waals surface area contributed by atoms with Crippen molar-refractivity contribution < 1.29 is 13.6 Å². The van der Waals surface area contributed by atoms with Crippen molar-refractivity contribution in [3.63, 3.8) is 0 Å². The van der Waals surface area contributed by atoms with Gasteiger partial charge in [-0.3, -0.25) is 4.79 Å². The number of carbonyl (C=O) groups is 1. The molecule has 1 saturated carbocycles. The molecular formula is C24H24F2N4O. The van der Waals surface area contributed by atoms with Crippen LogP contribution >= 0.6 is 0 Å². The number of rotatable bonds is 5. The third kappa shape index (κ3) is 3.96. The summed E-state index contributed by atoms with van der Waals surface area (Å²) >= 11 is 0. The van der Waals surface area contributed by atoms with Crippen LogP contribution in [0.15, 0.2) is 42.7 Å². The van der Waals surface area contributed by atoms with Crippen LogP contribution in [0, 0.1) is 30.4 Å². The molecule has 0 radical (unpaired) electrons. The maximum Gasteiger partial charge on any atom is 0.225 e. The van der Waals surface area contributed by atoms with Gasteiger partial charge in [0.05, 0.1) is 5.56 Å². The van der Waals surface area contributed by atoms with Crippen molar-refractivity contribution in [1.29, 1.82) is 0 Å². The first kappa shape index (κ1) is 19.8. The molecule has 31 heavy (non-hydrogen) atoms. The highest BCUT2D eigenvalue weighted by atomic mass is 19.1. The number of nitrogens with zero attached hydrogens (tertiary/aromatic N) is 4. The van der Waals surface area contributed by atoms with Crippen LogP contribution in [-0.2, 0) is 11.3 Å². The summed E-state index contributed by atoms with van der Waals surface area (Å²) in [5.41, 5.74) is 1.99. The standard InChI is InChI=1S/C24H24F2N4O/c1-15-2-6-19(21(25)10-15)18-5-7-20(22(26)11-18)23-28-27-14-30(23)13-16-8-9-29(12-16)24(31)17-3-4-17/h2,5-7,10-11,14,16-17H,3-4,8-9,12-13H2,1H3/t16-/m1/s1. The molecule has 1 atom stereocenters. The van der Waals surface area contributed by atoms with E-state index in [0.717, 1.165) is 37.9 Å². The molecule has 1 aliphatic heterocycles. The van der Waals surface area contributed by atoms with E-state index in [2.05, 4.69) is 10.2 Å². The third-order valence-corrected chi connectivity index (χ3v) is 6.24. The summed E-state index contributed by atoms with van der Waals surface area (Å²) in [5, 5.41) is 8.12. The molecule has 2 heterocycles. The van der Waals surface area contributed by atoms with Crippen molar-refractivity contribution >= 4 is 5.91 Å². The highest BCUT2D eigenvalue weighted by Crippen LogP contribution is 2.34. The zero-order chi connectivity index (χ0) is 21.5. The second-order valence-corrected chi connectivity index (χ2v) is 8.70. The molecule has 3 aromatic rings. The maximum absolute atomic E-state index is 15.0. The summed E-state index contributed by atoms with van der Waals surface area (Å²) in [5.74, 6) is 0.402. The molecule has 1 amide bonds. The molecule has 0 N–H and O–H groups in total. The predicted octanol–water partition coefficient (Wildman–Crippen LogP) is 4.46. The maximum atomic E-state index is 15.0.